The summed E-state index contributed by atoms with van der Waals surface area (Å²) >= 11 is 0. The van der Waals surface area contributed by atoms with Crippen LogP contribution in [-0.4, -0.2) is 198 Å². The molecule has 4 aliphatic carbocycles. The third-order valence-electron chi connectivity index (χ3n) is 29.9. The topological polar surface area (TPSA) is 321 Å². The summed E-state index contributed by atoms with van der Waals surface area (Å²) in [4.78, 5) is 135. The van der Waals surface area contributed by atoms with Gasteiger partial charge >= 0.3 is 18.3 Å². The molecule has 27 nitrogen and oxygen atoms in total. The zero-order chi connectivity index (χ0) is 99.4. The molecule has 3 N–H and O–H groups in total. The molecule has 6 bridgehead atoms. The number of aromatic nitrogens is 3. The van der Waals surface area contributed by atoms with Crippen LogP contribution in [-0.2, 0) is 116 Å². The van der Waals surface area contributed by atoms with Crippen LogP contribution in [0.1, 0.15) is 235 Å². The van der Waals surface area contributed by atoms with Gasteiger partial charge in [-0.05, 0) is 197 Å². The van der Waals surface area contributed by atoms with Crippen molar-refractivity contribution in [2.24, 2.45) is 63.6 Å². The Hall–Kier alpha value is -8.96. The molecule has 16 rings (SSSR count). The van der Waals surface area contributed by atoms with Crippen LogP contribution in [0.2, 0.25) is 0 Å². The van der Waals surface area contributed by atoms with Gasteiger partial charge in [-0.3, -0.25) is 14.4 Å². The van der Waals surface area contributed by atoms with E-state index in [2.05, 4.69) is 30.9 Å². The Morgan fingerprint density at radius 3 is 1.09 bits per heavy atom. The monoisotopic (exact) mass is 2080 g/mol. The second-order valence-electron chi connectivity index (χ2n) is 42.3. The van der Waals surface area contributed by atoms with Gasteiger partial charge in [0.15, 0.2) is 0 Å². The van der Waals surface area contributed by atoms with E-state index in [-0.39, 0.29) is 151 Å². The van der Waals surface area contributed by atoms with Gasteiger partial charge in [0, 0.05) is 109 Å². The molecular weight excluding hydrogens is 1950 g/mol. The molecule has 763 valence electrons. The molecule has 3 radical (unpaired) electrons. The van der Waals surface area contributed by atoms with Crippen LogP contribution in [0.3, 0.4) is 0 Å². The van der Waals surface area contributed by atoms with Crippen LogP contribution in [0, 0.1) is 81.0 Å². The minimum Gasteiger partial charge on any atom is -0.540 e. The van der Waals surface area contributed by atoms with E-state index < -0.39 is 225 Å². The summed E-state index contributed by atoms with van der Waals surface area (Å²) in [6.45, 7) is 22.1. The van der Waals surface area contributed by atoms with Crippen LogP contribution in [0.25, 0.3) is 32.7 Å². The molecule has 3 saturated heterocycles. The minimum absolute atomic E-state index is 0. The number of hydrogen-bond donors (Lipinski definition) is 3. The van der Waals surface area contributed by atoms with E-state index in [1.54, 1.807) is 83.1 Å². The number of rotatable bonds is 6. The van der Waals surface area contributed by atoms with Crippen molar-refractivity contribution in [1.29, 1.82) is 0 Å². The van der Waals surface area contributed by atoms with Crippen molar-refractivity contribution in [2.45, 2.75) is 309 Å². The van der Waals surface area contributed by atoms with Gasteiger partial charge in [-0.25, -0.2) is 87.7 Å². The molecule has 3 aromatic carbocycles. The molecule has 10 aliphatic rings. The predicted molar refractivity (Wildman–Crippen MR) is 485 cm³/mol. The summed E-state index contributed by atoms with van der Waals surface area (Å²) in [5.41, 5.74) is -5.86. The standard InChI is InChI=1S/C34H41F3N3O6.C34H43F3N3O6.C33H41F3N3O6.3V/c1-17-24(16-41)40-15-26(17)45-30-27(28(35)21-10-9-19(44-5)14-23(21)38-30)34(36,37)11-7-6-8-20-22-12-18(22)13-25(20)46-32(43)39-29(31(40)42)33(2,3)4;1-19-24(18-41)40-17-25(19)45-29-26(27(35)22-13-12-21(44-6)16-23(22)38-29)34(36,37)15-8-7-10-20-11-9-14-33(20,5)46-31(43)39-28(30(40)42)32(2,3)4;1-18-23(17-40)39-16-25(18)44-29-26(27(34)21-13-12-20(43-5)15-22(21)37-29)33(35,36)14-7-6-9-19-10-8-11-24(19)45-31(42)38-28(30(39)41)32(2,3)4;;;/h9-10,14,17-18,20,22,24-26,29H,6-8,11-13,15H2,1-5H3,(H,39,43);12-13,16,19-20,24-25,28H,7-11,14-15,17H2,1-6H3,(H,39,43);12-13,15,18-19,23-25,28H,6-11,14,16H2,1-5H3,(H,38,42);;;/q3*-1;;;/t17-,18?,20+,22?,24+,25+,26-,29+;19-,20+,24+,25-,28+,33+;18-,19+,23+,24+,25-,28+;;;/m000.../s1. The van der Waals surface area contributed by atoms with Crippen LogP contribution >= 0.6 is 0 Å². The van der Waals surface area contributed by atoms with Crippen molar-refractivity contribution < 1.29 is 181 Å². The molecule has 3 aromatic heterocycles. The van der Waals surface area contributed by atoms with Crippen LogP contribution in [0.15, 0.2) is 54.6 Å². The maximum absolute atomic E-state index is 16.1. The van der Waals surface area contributed by atoms with Crippen molar-refractivity contribution in [3.8, 4) is 34.9 Å². The van der Waals surface area contributed by atoms with Crippen molar-refractivity contribution in [3.05, 3.63) is 88.7 Å². The maximum Gasteiger partial charge on any atom is 0.408 e. The quantitative estimate of drug-likeness (QED) is 0.0792. The number of carbonyl (C=O) groups is 6. The van der Waals surface area contributed by atoms with Crippen LogP contribution in [0.5, 0.6) is 34.9 Å². The van der Waals surface area contributed by atoms with Crippen LogP contribution < -0.4 is 44.4 Å². The van der Waals surface area contributed by atoms with Gasteiger partial charge in [0.25, 0.3) is 17.8 Å². The number of nitrogens with one attached hydrogen (secondary N) is 3. The number of amides is 6. The van der Waals surface area contributed by atoms with Crippen molar-refractivity contribution >= 4 is 87.6 Å². The number of alkyl halides is 6. The fourth-order valence-corrected chi connectivity index (χ4v) is 21.7. The predicted octanol–water partition coefficient (Wildman–Crippen LogP) is 18.4. The average Bonchev–Trinajstić information content (AvgIpc) is 1.70. The smallest absolute Gasteiger partial charge is 0.408 e. The summed E-state index contributed by atoms with van der Waals surface area (Å²) in [6.07, 6.45) is 7.05. The molecule has 4 saturated carbocycles. The van der Waals surface area contributed by atoms with E-state index in [9.17, 15) is 43.2 Å². The Kier molecular flexibility index (Phi) is 35.3. The number of hydrogen-bond acceptors (Lipinski definition) is 21. The van der Waals surface area contributed by atoms with E-state index in [1.807, 2.05) is 25.8 Å². The molecule has 0 spiro atoms. The summed E-state index contributed by atoms with van der Waals surface area (Å²) in [6, 6.07) is 6.17. The SMILES string of the molecule is COc1ccc2c(F)c3c(nc2c1)O[C@H]1CN(C(=O)[C@H](C(C)(C)C)NC(=O)O[C@@H]2CC4CC4[C@H]2CCCCC3(F)F)[C@H]([C-]=O)[C@@H]1C.COc1ccc2c(F)c3c(nc2c1)O[C@H]1CN(C(=O)[C@H](C(C)(C)C)NC(=O)O[C@@H]2CCC[C@H]2CCCCC3(F)F)[C@H]([C-]=O)[C@@H]1C.COc1ccc2c(F)c3c(nc2c1)O[C@H]1CN(C(=O)[C@H](C(C)(C)C)NC(=O)O[C@]2(C)CCC[C@H]2CCCCC3(F)F)[C@H]([C-]=O)[C@@H]1C.[V].[V].[V]. The first kappa shape index (κ1) is 111. The van der Waals surface area contributed by atoms with Crippen molar-refractivity contribution in [3.63, 3.8) is 0 Å². The molecule has 2 unspecified atom stereocenters. The second kappa shape index (κ2) is 44.3. The Balaban J connectivity index is 0.000000199. The summed E-state index contributed by atoms with van der Waals surface area (Å²) in [5, 5.41) is 7.94. The van der Waals surface area contributed by atoms with E-state index in [1.165, 1.54) is 90.6 Å². The van der Waals surface area contributed by atoms with E-state index >= 15 is 39.5 Å². The molecule has 39 heteroatoms. The second-order valence-corrected chi connectivity index (χ2v) is 42.3. The Morgan fingerprint density at radius 2 is 0.736 bits per heavy atom. The number of alkyl carbamates (subject to hydrolysis) is 3. The van der Waals surface area contributed by atoms with Crippen LogP contribution in [0.4, 0.5) is 53.9 Å². The Morgan fingerprint density at radius 1 is 0.400 bits per heavy atom. The Labute approximate surface area is 845 Å². The number of nitrogens with zero attached hydrogens (tertiary/aromatic N) is 6. The number of ether oxygens (including phenoxy) is 9. The largest absolute Gasteiger partial charge is 0.540 e. The third kappa shape index (κ3) is 23.5. The molecule has 9 heterocycles. The van der Waals surface area contributed by atoms with Gasteiger partial charge in [0.05, 0.1) is 57.5 Å². The number of fused-ring (bicyclic) bond motifs is 17. The molecule has 7 fully saturated rings. The molecule has 6 aromatic rings. The zero-order valence-corrected chi connectivity index (χ0v) is 85.9. The molecule has 6 amide bonds. The molecule has 140 heavy (non-hydrogen) atoms. The third-order valence-corrected chi connectivity index (χ3v) is 29.9. The Bertz CT molecular complexity index is 5430. The zero-order valence-electron chi connectivity index (χ0n) is 81.7. The molecule has 6 aliphatic heterocycles. The summed E-state index contributed by atoms with van der Waals surface area (Å²) in [7, 11) is 4.27. The number of benzene rings is 3. The number of methoxy groups -OCH3 is 3. The first-order chi connectivity index (χ1) is 64.6. The molecule has 20 atom stereocenters. The van der Waals surface area contributed by atoms with Gasteiger partial charge in [0.1, 0.15) is 106 Å². The normalized spacial score (nSPS) is 30.4. The summed E-state index contributed by atoms with van der Waals surface area (Å²) < 4.78 is 196. The molecular formula is C101H125F9N9O18V3-3. The fraction of sp³-hybridized carbons (Fsp3) is 0.644. The van der Waals surface area contributed by atoms with Crippen molar-refractivity contribution in [1.82, 2.24) is 45.6 Å². The van der Waals surface area contributed by atoms with Gasteiger partial charge < -0.3 is 87.7 Å². The summed E-state index contributed by atoms with van der Waals surface area (Å²) in [5.74, 6) is -18.2. The number of carbonyl (C=O) groups excluding carboxylic acids is 9. The first-order valence-corrected chi connectivity index (χ1v) is 47.7. The van der Waals surface area contributed by atoms with Gasteiger partial charge in [-0.1, -0.05) is 120 Å². The van der Waals surface area contributed by atoms with Gasteiger partial charge in [0.2, 0.25) is 35.4 Å². The minimum atomic E-state index is -3.65. The maximum atomic E-state index is 16.1. The van der Waals surface area contributed by atoms with Crippen molar-refractivity contribution in [2.75, 3.05) is 41.0 Å². The fourth-order valence-electron chi connectivity index (χ4n) is 21.7. The van der Waals surface area contributed by atoms with Gasteiger partial charge in [-0.2, -0.15) is 0 Å². The average molecular weight is 2080 g/mol. The van der Waals surface area contributed by atoms with E-state index in [0.29, 0.717) is 86.9 Å². The first-order valence-electron chi connectivity index (χ1n) is 47.7. The number of pyridine rings is 3. The van der Waals surface area contributed by atoms with E-state index in [4.69, 9.17) is 42.6 Å². The number of halogens is 9. The van der Waals surface area contributed by atoms with Gasteiger partial charge in [-0.15, -0.1) is 0 Å². The van der Waals surface area contributed by atoms with E-state index in [0.717, 1.165) is 32.1 Å².